The predicted octanol–water partition coefficient (Wildman–Crippen LogP) is 5.24. The molecule has 0 radical (unpaired) electrons. The molecular weight excluding hydrogens is 442 g/mol. The van der Waals surface area contributed by atoms with Crippen LogP contribution in [-0.4, -0.2) is 48.7 Å². The van der Waals surface area contributed by atoms with Crippen molar-refractivity contribution < 1.29 is 9.53 Å². The molecule has 0 aromatic heterocycles. The normalized spacial score (nSPS) is 15.8. The minimum absolute atomic E-state index is 0.0861. The van der Waals surface area contributed by atoms with Crippen LogP contribution in [0.3, 0.4) is 0 Å². The third-order valence-electron chi connectivity index (χ3n) is 7.32. The highest BCUT2D eigenvalue weighted by Crippen LogP contribution is 2.44. The van der Waals surface area contributed by atoms with Crippen molar-refractivity contribution in [3.63, 3.8) is 0 Å². The standard InChI is InChI=1S/C28H31N3O2S/c1-18-20(15-26(29)19(2)27(18)34)16-30-11-13-31(14-12-30)28(32)33-17-25-23-9-5-3-7-21(23)22-8-4-6-10-24(22)25/h3-10,15,25,34H,11-14,16-17,29H2,1-2H3. The molecule has 176 valence electrons. The Bertz CT molecular complexity index is 1190. The van der Waals surface area contributed by atoms with Crippen LogP contribution in [0.1, 0.15) is 33.7 Å². The Morgan fingerprint density at radius 2 is 1.56 bits per heavy atom. The molecule has 1 fully saturated rings. The van der Waals surface area contributed by atoms with E-state index in [-0.39, 0.29) is 12.0 Å². The summed E-state index contributed by atoms with van der Waals surface area (Å²) in [4.78, 5) is 18.0. The van der Waals surface area contributed by atoms with Gasteiger partial charge in [-0.25, -0.2) is 4.79 Å². The first kappa shape index (κ1) is 22.8. The van der Waals surface area contributed by atoms with Crippen molar-refractivity contribution in [1.29, 1.82) is 0 Å². The Morgan fingerprint density at radius 1 is 0.971 bits per heavy atom. The van der Waals surface area contributed by atoms with Gasteiger partial charge in [0.2, 0.25) is 0 Å². The van der Waals surface area contributed by atoms with Crippen molar-refractivity contribution in [3.8, 4) is 11.1 Å². The Hall–Kier alpha value is -2.96. The Balaban J connectivity index is 1.18. The van der Waals surface area contributed by atoms with Gasteiger partial charge >= 0.3 is 6.09 Å². The van der Waals surface area contributed by atoms with E-state index in [1.165, 1.54) is 33.4 Å². The van der Waals surface area contributed by atoms with Gasteiger partial charge in [0.25, 0.3) is 0 Å². The molecule has 0 saturated carbocycles. The fraction of sp³-hybridized carbons (Fsp3) is 0.321. The maximum Gasteiger partial charge on any atom is 0.409 e. The molecule has 5 nitrogen and oxygen atoms in total. The number of thiol groups is 1. The topological polar surface area (TPSA) is 58.8 Å². The number of amides is 1. The lowest BCUT2D eigenvalue weighted by Gasteiger charge is -2.34. The summed E-state index contributed by atoms with van der Waals surface area (Å²) >= 11 is 4.64. The molecule has 2 aliphatic rings. The summed E-state index contributed by atoms with van der Waals surface area (Å²) in [5.74, 6) is 0.0861. The highest BCUT2D eigenvalue weighted by molar-refractivity contribution is 7.80. The average Bonchev–Trinajstić information content (AvgIpc) is 3.18. The molecule has 3 aromatic rings. The van der Waals surface area contributed by atoms with Crippen molar-refractivity contribution in [3.05, 3.63) is 82.4 Å². The smallest absolute Gasteiger partial charge is 0.409 e. The summed E-state index contributed by atoms with van der Waals surface area (Å²) in [5, 5.41) is 0. The van der Waals surface area contributed by atoms with E-state index in [1.54, 1.807) is 0 Å². The van der Waals surface area contributed by atoms with Crippen molar-refractivity contribution >= 4 is 24.4 Å². The molecule has 34 heavy (non-hydrogen) atoms. The number of hydrogen-bond acceptors (Lipinski definition) is 5. The summed E-state index contributed by atoms with van der Waals surface area (Å²) in [6.07, 6.45) is -0.227. The van der Waals surface area contributed by atoms with Gasteiger partial charge < -0.3 is 15.4 Å². The number of nitrogen functional groups attached to an aromatic ring is 1. The number of rotatable bonds is 4. The minimum Gasteiger partial charge on any atom is -0.448 e. The molecule has 1 aliphatic heterocycles. The van der Waals surface area contributed by atoms with Crippen molar-refractivity contribution in [2.24, 2.45) is 0 Å². The first-order valence-electron chi connectivity index (χ1n) is 11.8. The van der Waals surface area contributed by atoms with Crippen molar-refractivity contribution in [1.82, 2.24) is 9.80 Å². The molecule has 2 N–H and O–H groups in total. The van der Waals surface area contributed by atoms with Crippen LogP contribution in [0, 0.1) is 13.8 Å². The Morgan fingerprint density at radius 3 is 2.18 bits per heavy atom. The van der Waals surface area contributed by atoms with Crippen LogP contribution in [-0.2, 0) is 11.3 Å². The van der Waals surface area contributed by atoms with Crippen molar-refractivity contribution in [2.75, 3.05) is 38.5 Å². The number of nitrogens with zero attached hydrogens (tertiary/aromatic N) is 2. The first-order chi connectivity index (χ1) is 16.4. The van der Waals surface area contributed by atoms with E-state index in [0.717, 1.165) is 35.8 Å². The van der Waals surface area contributed by atoms with E-state index < -0.39 is 0 Å². The first-order valence-corrected chi connectivity index (χ1v) is 12.3. The highest BCUT2D eigenvalue weighted by Gasteiger charge is 2.30. The quantitative estimate of drug-likeness (QED) is 0.402. The van der Waals surface area contributed by atoms with Crippen LogP contribution in [0.4, 0.5) is 10.5 Å². The molecule has 1 aliphatic carbocycles. The number of hydrogen-bond donors (Lipinski definition) is 2. The van der Waals surface area contributed by atoms with Crippen LogP contribution >= 0.6 is 12.6 Å². The zero-order valence-electron chi connectivity index (χ0n) is 19.8. The SMILES string of the molecule is Cc1c(N)cc(CN2CCN(C(=O)OCC3c4ccccc4-c4ccccc43)CC2)c(C)c1S. The lowest BCUT2D eigenvalue weighted by atomic mass is 9.98. The molecule has 1 heterocycles. The third-order valence-corrected chi connectivity index (χ3v) is 7.99. The van der Waals surface area contributed by atoms with Gasteiger partial charge in [0.05, 0.1) is 0 Å². The van der Waals surface area contributed by atoms with Crippen LogP contribution in [0.2, 0.25) is 0 Å². The second kappa shape index (κ2) is 9.35. The largest absolute Gasteiger partial charge is 0.448 e. The molecule has 0 spiro atoms. The third kappa shape index (κ3) is 4.17. The van der Waals surface area contributed by atoms with Gasteiger partial charge in [-0.2, -0.15) is 0 Å². The molecule has 6 heteroatoms. The molecule has 1 amide bonds. The van der Waals surface area contributed by atoms with E-state index in [0.29, 0.717) is 19.7 Å². The zero-order chi connectivity index (χ0) is 23.8. The average molecular weight is 474 g/mol. The molecule has 0 bridgehead atoms. The van der Waals surface area contributed by atoms with Crippen LogP contribution in [0.25, 0.3) is 11.1 Å². The number of fused-ring (bicyclic) bond motifs is 3. The van der Waals surface area contributed by atoms with Gasteiger partial charge in [-0.3, -0.25) is 4.90 Å². The fourth-order valence-electron chi connectivity index (χ4n) is 5.15. The molecule has 0 atom stereocenters. The number of carbonyl (C=O) groups excluding carboxylic acids is 1. The van der Waals surface area contributed by atoms with Gasteiger partial charge in [0.1, 0.15) is 6.61 Å². The van der Waals surface area contributed by atoms with E-state index >= 15 is 0 Å². The maximum absolute atomic E-state index is 12.9. The van der Waals surface area contributed by atoms with Crippen LogP contribution in [0.5, 0.6) is 0 Å². The molecular formula is C28H31N3O2S. The number of piperazine rings is 1. The number of carbonyl (C=O) groups is 1. The lowest BCUT2D eigenvalue weighted by molar-refractivity contribution is 0.0728. The fourth-order valence-corrected chi connectivity index (χ4v) is 5.43. The van der Waals surface area contributed by atoms with Gasteiger partial charge in [-0.15, -0.1) is 12.6 Å². The van der Waals surface area contributed by atoms with E-state index in [1.807, 2.05) is 11.8 Å². The molecule has 0 unspecified atom stereocenters. The van der Waals surface area contributed by atoms with Gasteiger partial charge in [-0.1, -0.05) is 48.5 Å². The monoisotopic (exact) mass is 473 g/mol. The summed E-state index contributed by atoms with van der Waals surface area (Å²) < 4.78 is 5.84. The van der Waals surface area contributed by atoms with Gasteiger partial charge in [-0.05, 0) is 58.9 Å². The van der Waals surface area contributed by atoms with Crippen LogP contribution < -0.4 is 5.73 Å². The Kier molecular flexibility index (Phi) is 6.28. The second-order valence-electron chi connectivity index (χ2n) is 9.29. The van der Waals surface area contributed by atoms with Gasteiger partial charge in [0.15, 0.2) is 0 Å². The lowest BCUT2D eigenvalue weighted by Crippen LogP contribution is -2.48. The number of anilines is 1. The molecule has 1 saturated heterocycles. The summed E-state index contributed by atoms with van der Waals surface area (Å²) in [7, 11) is 0. The summed E-state index contributed by atoms with van der Waals surface area (Å²) in [6.45, 7) is 8.19. The summed E-state index contributed by atoms with van der Waals surface area (Å²) in [6, 6.07) is 18.9. The number of nitrogens with two attached hydrogens (primary N) is 1. The Labute approximate surface area is 206 Å². The minimum atomic E-state index is -0.227. The zero-order valence-corrected chi connectivity index (χ0v) is 20.6. The predicted molar refractivity (Wildman–Crippen MR) is 139 cm³/mol. The number of benzene rings is 3. The van der Waals surface area contributed by atoms with Gasteiger partial charge in [0, 0.05) is 49.2 Å². The molecule has 3 aromatic carbocycles. The van der Waals surface area contributed by atoms with E-state index in [9.17, 15) is 4.79 Å². The summed E-state index contributed by atoms with van der Waals surface area (Å²) in [5.41, 5.74) is 15.3. The van der Waals surface area contributed by atoms with E-state index in [2.05, 4.69) is 79.0 Å². The van der Waals surface area contributed by atoms with E-state index in [4.69, 9.17) is 10.5 Å². The molecule has 5 rings (SSSR count). The second-order valence-corrected chi connectivity index (χ2v) is 9.74. The maximum atomic E-state index is 12.9. The van der Waals surface area contributed by atoms with Crippen LogP contribution in [0.15, 0.2) is 59.5 Å². The number of ether oxygens (including phenoxy) is 1. The highest BCUT2D eigenvalue weighted by atomic mass is 32.1. The van der Waals surface area contributed by atoms with Crippen molar-refractivity contribution in [2.45, 2.75) is 31.2 Å².